The normalized spacial score (nSPS) is 16.2. The highest BCUT2D eigenvalue weighted by atomic mass is 32.2. The first-order valence-electron chi connectivity index (χ1n) is 9.09. The van der Waals surface area contributed by atoms with Crippen molar-refractivity contribution in [2.24, 2.45) is 4.99 Å². The van der Waals surface area contributed by atoms with E-state index in [1.54, 1.807) is 37.3 Å². The monoisotopic (exact) mass is 442 g/mol. The van der Waals surface area contributed by atoms with Crippen LogP contribution in [0.15, 0.2) is 52.4 Å². The summed E-state index contributed by atoms with van der Waals surface area (Å²) in [4.78, 5) is 40.7. The molecule has 9 nitrogen and oxygen atoms in total. The van der Waals surface area contributed by atoms with Gasteiger partial charge >= 0.3 is 11.9 Å². The molecule has 0 atom stereocenters. The van der Waals surface area contributed by atoms with Crippen molar-refractivity contribution in [2.45, 2.75) is 6.92 Å². The number of aromatic carboxylic acids is 1. The Hall–Kier alpha value is -3.79. The van der Waals surface area contributed by atoms with Gasteiger partial charge in [0.25, 0.3) is 5.91 Å². The van der Waals surface area contributed by atoms with E-state index in [4.69, 9.17) is 14.9 Å². The number of carbonyl (C=O) groups excluding carboxylic acids is 1. The molecule has 1 aliphatic heterocycles. The maximum atomic E-state index is 12.8. The van der Waals surface area contributed by atoms with Crippen LogP contribution in [0.1, 0.15) is 22.8 Å². The highest BCUT2D eigenvalue weighted by Gasteiger charge is 2.32. The van der Waals surface area contributed by atoms with Crippen LogP contribution >= 0.6 is 11.8 Å². The fourth-order valence-corrected chi connectivity index (χ4v) is 3.80. The molecule has 0 aromatic heterocycles. The van der Waals surface area contributed by atoms with Gasteiger partial charge in [-0.2, -0.15) is 0 Å². The Morgan fingerprint density at radius 2 is 1.97 bits per heavy atom. The van der Waals surface area contributed by atoms with Gasteiger partial charge in [0, 0.05) is 12.6 Å². The van der Waals surface area contributed by atoms with E-state index in [9.17, 15) is 19.5 Å². The van der Waals surface area contributed by atoms with Crippen LogP contribution in [0.2, 0.25) is 0 Å². The number of aliphatic imine (C=N–C) groups is 1. The van der Waals surface area contributed by atoms with E-state index in [2.05, 4.69) is 4.99 Å². The Kier molecular flexibility index (Phi) is 6.61. The van der Waals surface area contributed by atoms with Crippen molar-refractivity contribution in [3.8, 4) is 11.5 Å². The molecule has 160 valence electrons. The number of hydrogen-bond acceptors (Lipinski definition) is 7. The van der Waals surface area contributed by atoms with E-state index in [-0.39, 0.29) is 11.5 Å². The third-order valence-electron chi connectivity index (χ3n) is 4.16. The number of rotatable bonds is 7. The number of ether oxygens (including phenoxy) is 1. The summed E-state index contributed by atoms with van der Waals surface area (Å²) in [7, 11) is 0. The first-order valence-corrected chi connectivity index (χ1v) is 9.91. The number of benzene rings is 2. The van der Waals surface area contributed by atoms with Gasteiger partial charge in [0.2, 0.25) is 0 Å². The zero-order valence-electron chi connectivity index (χ0n) is 16.3. The van der Waals surface area contributed by atoms with Crippen molar-refractivity contribution in [3.63, 3.8) is 0 Å². The molecule has 31 heavy (non-hydrogen) atoms. The SMILES string of the molecule is CCN1C(=O)/C(=C/c2cccc(OCC(=O)O)c2)SC1=Nc1ccc(C(=O)O)c(O)c1. The number of amides is 1. The van der Waals surface area contributed by atoms with Crippen molar-refractivity contribution in [3.05, 3.63) is 58.5 Å². The van der Waals surface area contributed by atoms with Crippen LogP contribution in [-0.4, -0.2) is 56.4 Å². The van der Waals surface area contributed by atoms with E-state index in [1.165, 1.54) is 23.1 Å². The molecule has 0 unspecified atom stereocenters. The first-order chi connectivity index (χ1) is 14.8. The maximum Gasteiger partial charge on any atom is 0.341 e. The lowest BCUT2D eigenvalue weighted by molar-refractivity contribution is -0.139. The summed E-state index contributed by atoms with van der Waals surface area (Å²) in [6.45, 7) is 1.69. The zero-order valence-corrected chi connectivity index (χ0v) is 17.1. The molecule has 0 aliphatic carbocycles. The topological polar surface area (TPSA) is 137 Å². The second-order valence-corrected chi connectivity index (χ2v) is 7.33. The molecule has 2 aromatic carbocycles. The van der Waals surface area contributed by atoms with Crippen LogP contribution in [0, 0.1) is 0 Å². The lowest BCUT2D eigenvalue weighted by Crippen LogP contribution is -2.28. The Morgan fingerprint density at radius 3 is 2.61 bits per heavy atom. The predicted molar refractivity (Wildman–Crippen MR) is 115 cm³/mol. The highest BCUT2D eigenvalue weighted by molar-refractivity contribution is 8.18. The van der Waals surface area contributed by atoms with Crippen LogP contribution in [-0.2, 0) is 9.59 Å². The van der Waals surface area contributed by atoms with Gasteiger partial charge in [-0.1, -0.05) is 12.1 Å². The maximum absolute atomic E-state index is 12.8. The van der Waals surface area contributed by atoms with Gasteiger partial charge in [0.15, 0.2) is 11.8 Å². The Balaban J connectivity index is 1.87. The molecule has 3 N–H and O–H groups in total. The van der Waals surface area contributed by atoms with Gasteiger partial charge in [0.1, 0.15) is 17.1 Å². The van der Waals surface area contributed by atoms with Crippen molar-refractivity contribution in [2.75, 3.05) is 13.2 Å². The quantitative estimate of drug-likeness (QED) is 0.556. The van der Waals surface area contributed by atoms with Crippen LogP contribution in [0.25, 0.3) is 6.08 Å². The summed E-state index contributed by atoms with van der Waals surface area (Å²) in [5.41, 5.74) is 0.720. The summed E-state index contributed by atoms with van der Waals surface area (Å²) in [6, 6.07) is 10.6. The van der Waals surface area contributed by atoms with Crippen molar-refractivity contribution in [1.29, 1.82) is 0 Å². The minimum absolute atomic E-state index is 0.239. The number of amidine groups is 1. The molecule has 1 fully saturated rings. The zero-order chi connectivity index (χ0) is 22.5. The number of hydrogen-bond donors (Lipinski definition) is 3. The molecular weight excluding hydrogens is 424 g/mol. The molecule has 1 amide bonds. The number of carboxylic acids is 2. The fourth-order valence-electron chi connectivity index (χ4n) is 2.74. The number of aliphatic carboxylic acids is 1. The predicted octanol–water partition coefficient (Wildman–Crippen LogP) is 3.18. The molecule has 1 heterocycles. The molecular formula is C21H18N2O7S. The first kappa shape index (κ1) is 21.9. The second kappa shape index (κ2) is 9.35. The van der Waals surface area contributed by atoms with Gasteiger partial charge in [-0.15, -0.1) is 0 Å². The van der Waals surface area contributed by atoms with Gasteiger partial charge < -0.3 is 20.1 Å². The van der Waals surface area contributed by atoms with E-state index in [1.807, 2.05) is 0 Å². The van der Waals surface area contributed by atoms with Gasteiger partial charge in [-0.25, -0.2) is 14.6 Å². The molecule has 10 heteroatoms. The van der Waals surface area contributed by atoms with Crippen LogP contribution in [0.5, 0.6) is 11.5 Å². The number of carbonyl (C=O) groups is 3. The number of likely N-dealkylation sites (N-methyl/N-ethyl adjacent to an activating group) is 1. The average Bonchev–Trinajstić information content (AvgIpc) is 3.00. The summed E-state index contributed by atoms with van der Waals surface area (Å²) in [5.74, 6) is -2.65. The minimum atomic E-state index is -1.25. The van der Waals surface area contributed by atoms with E-state index < -0.39 is 24.3 Å². The fraction of sp³-hybridized carbons (Fsp3) is 0.143. The highest BCUT2D eigenvalue weighted by Crippen LogP contribution is 2.35. The number of phenols is 1. The molecule has 2 aromatic rings. The molecule has 1 saturated heterocycles. The van der Waals surface area contributed by atoms with E-state index in [0.717, 1.165) is 11.8 Å². The Morgan fingerprint density at radius 1 is 1.19 bits per heavy atom. The van der Waals surface area contributed by atoms with E-state index >= 15 is 0 Å². The third-order valence-corrected chi connectivity index (χ3v) is 5.17. The van der Waals surface area contributed by atoms with Crippen molar-refractivity contribution < 1.29 is 34.4 Å². The molecule has 0 bridgehead atoms. The van der Waals surface area contributed by atoms with Gasteiger partial charge in [0.05, 0.1) is 10.6 Å². The number of nitrogens with zero attached hydrogens (tertiary/aromatic N) is 2. The third kappa shape index (κ3) is 5.23. The smallest absolute Gasteiger partial charge is 0.341 e. The van der Waals surface area contributed by atoms with Crippen molar-refractivity contribution >= 4 is 46.5 Å². The van der Waals surface area contributed by atoms with Gasteiger partial charge in [-0.3, -0.25) is 9.69 Å². The van der Waals surface area contributed by atoms with E-state index in [0.29, 0.717) is 33.6 Å². The van der Waals surface area contributed by atoms with Crippen molar-refractivity contribution in [1.82, 2.24) is 4.90 Å². The molecule has 3 rings (SSSR count). The Bertz CT molecular complexity index is 1110. The van der Waals surface area contributed by atoms with Crippen LogP contribution in [0.3, 0.4) is 0 Å². The van der Waals surface area contributed by atoms with Gasteiger partial charge in [-0.05, 0) is 54.6 Å². The average molecular weight is 442 g/mol. The van der Waals surface area contributed by atoms with Crippen LogP contribution < -0.4 is 4.74 Å². The molecule has 0 spiro atoms. The molecule has 1 aliphatic rings. The number of thioether (sulfide) groups is 1. The van der Waals surface area contributed by atoms with Crippen LogP contribution in [0.4, 0.5) is 5.69 Å². The summed E-state index contributed by atoms with van der Waals surface area (Å²) < 4.78 is 5.16. The lowest BCUT2D eigenvalue weighted by atomic mass is 10.2. The molecule has 0 saturated carbocycles. The second-order valence-electron chi connectivity index (χ2n) is 6.32. The lowest BCUT2D eigenvalue weighted by Gasteiger charge is -2.12. The molecule has 0 radical (unpaired) electrons. The summed E-state index contributed by atoms with van der Waals surface area (Å²) in [5, 5.41) is 28.0. The Labute approximate surface area is 181 Å². The summed E-state index contributed by atoms with van der Waals surface area (Å²) >= 11 is 1.14. The summed E-state index contributed by atoms with van der Waals surface area (Å²) in [6.07, 6.45) is 1.65. The number of aromatic hydroxyl groups is 1. The standard InChI is InChI=1S/C21H18N2O7S/c1-2-23-19(27)17(9-12-4-3-5-14(8-12)30-11-18(25)26)31-21(23)22-13-6-7-15(20(28)29)16(24)10-13/h3-10,24H,2,11H2,1H3,(H,25,26)(H,28,29)/b17-9-,22-21?. The number of carboxylic acid groups (broad SMARTS) is 2. The largest absolute Gasteiger partial charge is 0.507 e. The minimum Gasteiger partial charge on any atom is -0.507 e.